The molecule has 1 fully saturated rings. The molecule has 1 atom stereocenters. The Hall–Kier alpha value is -0.370. The average Bonchev–Trinajstić information content (AvgIpc) is 2.66. The van der Waals surface area contributed by atoms with Gasteiger partial charge in [-0.2, -0.15) is 0 Å². The minimum Gasteiger partial charge on any atom is -0.393 e. The van der Waals surface area contributed by atoms with E-state index in [2.05, 4.69) is 0 Å². The predicted molar refractivity (Wildman–Crippen MR) is 57.1 cm³/mol. The molecular formula is C12H22O2. The van der Waals surface area contributed by atoms with Gasteiger partial charge in [0.25, 0.3) is 0 Å². The van der Waals surface area contributed by atoms with Gasteiger partial charge in [0.15, 0.2) is 0 Å². The van der Waals surface area contributed by atoms with Crippen molar-refractivity contribution >= 4 is 5.78 Å². The molecule has 1 saturated carbocycles. The van der Waals surface area contributed by atoms with Crippen LogP contribution >= 0.6 is 0 Å². The Morgan fingerprint density at radius 2 is 2.07 bits per heavy atom. The molecule has 0 aromatic rings. The van der Waals surface area contributed by atoms with Gasteiger partial charge >= 0.3 is 0 Å². The number of ketones is 1. The highest BCUT2D eigenvalue weighted by Crippen LogP contribution is 2.29. The average molecular weight is 198 g/mol. The standard InChI is InChI=1S/C12H22O2/c1-2-11(13)7-8-12(14)9-10-5-3-4-6-10/h10,12,14H,2-9H2,1H3. The number of hydrogen-bond donors (Lipinski definition) is 1. The Balaban J connectivity index is 2.08. The molecule has 0 aromatic heterocycles. The van der Waals surface area contributed by atoms with Crippen molar-refractivity contribution in [2.45, 2.75) is 64.4 Å². The zero-order valence-electron chi connectivity index (χ0n) is 9.17. The van der Waals surface area contributed by atoms with E-state index in [1.807, 2.05) is 6.92 Å². The molecule has 0 spiro atoms. The van der Waals surface area contributed by atoms with Crippen LogP contribution in [-0.2, 0) is 4.79 Å². The van der Waals surface area contributed by atoms with Gasteiger partial charge in [-0.25, -0.2) is 0 Å². The third-order valence-electron chi connectivity index (χ3n) is 3.23. The van der Waals surface area contributed by atoms with Crippen molar-refractivity contribution in [2.24, 2.45) is 5.92 Å². The molecule has 0 amide bonds. The minimum absolute atomic E-state index is 0.242. The Kier molecular flexibility index (Phi) is 5.16. The number of Topliss-reactive ketones (excluding diaryl/α,β-unsaturated/α-hetero) is 1. The van der Waals surface area contributed by atoms with Crippen molar-refractivity contribution in [3.05, 3.63) is 0 Å². The molecule has 1 aliphatic rings. The van der Waals surface area contributed by atoms with Crippen molar-refractivity contribution in [1.29, 1.82) is 0 Å². The first kappa shape index (κ1) is 11.7. The van der Waals surface area contributed by atoms with Crippen molar-refractivity contribution in [3.63, 3.8) is 0 Å². The summed E-state index contributed by atoms with van der Waals surface area (Å²) in [6.07, 6.45) is 7.71. The number of carbonyl (C=O) groups excluding carboxylic acids is 1. The van der Waals surface area contributed by atoms with E-state index in [4.69, 9.17) is 0 Å². The summed E-state index contributed by atoms with van der Waals surface area (Å²) in [5, 5.41) is 9.70. The van der Waals surface area contributed by atoms with Crippen molar-refractivity contribution in [2.75, 3.05) is 0 Å². The van der Waals surface area contributed by atoms with Crippen LogP contribution in [0.25, 0.3) is 0 Å². The van der Waals surface area contributed by atoms with Gasteiger partial charge in [-0.1, -0.05) is 32.6 Å². The fraction of sp³-hybridized carbons (Fsp3) is 0.917. The molecule has 1 N–H and O–H groups in total. The van der Waals surface area contributed by atoms with E-state index in [0.717, 1.165) is 12.3 Å². The number of aliphatic hydroxyl groups excluding tert-OH is 1. The van der Waals surface area contributed by atoms with Crippen LogP contribution in [0.4, 0.5) is 0 Å². The second kappa shape index (κ2) is 6.18. The summed E-state index contributed by atoms with van der Waals surface area (Å²) in [5.74, 6) is 0.997. The van der Waals surface area contributed by atoms with Crippen LogP contribution in [-0.4, -0.2) is 17.0 Å². The molecule has 0 bridgehead atoms. The van der Waals surface area contributed by atoms with Gasteiger partial charge in [0.2, 0.25) is 0 Å². The highest BCUT2D eigenvalue weighted by molar-refractivity contribution is 5.77. The molecule has 2 heteroatoms. The van der Waals surface area contributed by atoms with E-state index >= 15 is 0 Å². The number of hydrogen-bond acceptors (Lipinski definition) is 2. The fourth-order valence-corrected chi connectivity index (χ4v) is 2.25. The van der Waals surface area contributed by atoms with Crippen LogP contribution < -0.4 is 0 Å². The molecule has 2 nitrogen and oxygen atoms in total. The van der Waals surface area contributed by atoms with Crippen molar-refractivity contribution < 1.29 is 9.90 Å². The lowest BCUT2D eigenvalue weighted by molar-refractivity contribution is -0.119. The molecule has 1 rings (SSSR count). The lowest BCUT2D eigenvalue weighted by atomic mass is 9.97. The van der Waals surface area contributed by atoms with Crippen molar-refractivity contribution in [3.8, 4) is 0 Å². The fourth-order valence-electron chi connectivity index (χ4n) is 2.25. The maximum atomic E-state index is 11.0. The Labute approximate surface area is 86.7 Å². The van der Waals surface area contributed by atoms with Crippen LogP contribution in [0.1, 0.15) is 58.3 Å². The van der Waals surface area contributed by atoms with Crippen LogP contribution in [0.3, 0.4) is 0 Å². The summed E-state index contributed by atoms with van der Waals surface area (Å²) < 4.78 is 0. The molecule has 1 unspecified atom stereocenters. The minimum atomic E-state index is -0.242. The lowest BCUT2D eigenvalue weighted by Crippen LogP contribution is -2.13. The maximum absolute atomic E-state index is 11.0. The Bertz CT molecular complexity index is 171. The van der Waals surface area contributed by atoms with Crippen LogP contribution in [0, 0.1) is 5.92 Å². The van der Waals surface area contributed by atoms with E-state index in [-0.39, 0.29) is 11.9 Å². The second-order valence-electron chi connectivity index (χ2n) is 4.47. The molecular weight excluding hydrogens is 176 g/mol. The molecule has 14 heavy (non-hydrogen) atoms. The number of aliphatic hydroxyl groups is 1. The highest BCUT2D eigenvalue weighted by atomic mass is 16.3. The van der Waals surface area contributed by atoms with Gasteiger partial charge in [-0.3, -0.25) is 4.79 Å². The Morgan fingerprint density at radius 3 is 2.64 bits per heavy atom. The van der Waals surface area contributed by atoms with Gasteiger partial charge in [-0.15, -0.1) is 0 Å². The molecule has 0 saturated heterocycles. The first-order chi connectivity index (χ1) is 6.72. The van der Waals surface area contributed by atoms with E-state index in [1.54, 1.807) is 0 Å². The number of rotatable bonds is 6. The third-order valence-corrected chi connectivity index (χ3v) is 3.23. The summed E-state index contributed by atoms with van der Waals surface area (Å²) in [6, 6.07) is 0. The predicted octanol–water partition coefficient (Wildman–Crippen LogP) is 2.69. The molecule has 0 aromatic carbocycles. The Morgan fingerprint density at radius 1 is 1.43 bits per heavy atom. The highest BCUT2D eigenvalue weighted by Gasteiger charge is 2.18. The summed E-state index contributed by atoms with van der Waals surface area (Å²) in [4.78, 5) is 11.0. The SMILES string of the molecule is CCC(=O)CCC(O)CC1CCCC1. The molecule has 82 valence electrons. The maximum Gasteiger partial charge on any atom is 0.132 e. The quantitative estimate of drug-likeness (QED) is 0.712. The zero-order valence-corrected chi connectivity index (χ0v) is 9.17. The largest absolute Gasteiger partial charge is 0.393 e. The summed E-state index contributed by atoms with van der Waals surface area (Å²) >= 11 is 0. The molecule has 0 radical (unpaired) electrons. The molecule has 0 heterocycles. The smallest absolute Gasteiger partial charge is 0.132 e. The van der Waals surface area contributed by atoms with Gasteiger partial charge < -0.3 is 5.11 Å². The van der Waals surface area contributed by atoms with Gasteiger partial charge in [0.05, 0.1) is 6.10 Å². The van der Waals surface area contributed by atoms with Crippen LogP contribution in [0.15, 0.2) is 0 Å². The van der Waals surface area contributed by atoms with Crippen LogP contribution in [0.2, 0.25) is 0 Å². The van der Waals surface area contributed by atoms with Gasteiger partial charge in [0, 0.05) is 12.8 Å². The zero-order chi connectivity index (χ0) is 10.4. The van der Waals surface area contributed by atoms with E-state index in [9.17, 15) is 9.90 Å². The van der Waals surface area contributed by atoms with E-state index < -0.39 is 0 Å². The normalized spacial score (nSPS) is 19.9. The van der Waals surface area contributed by atoms with E-state index in [0.29, 0.717) is 19.3 Å². The number of carbonyl (C=O) groups is 1. The topological polar surface area (TPSA) is 37.3 Å². The summed E-state index contributed by atoms with van der Waals surface area (Å²) in [7, 11) is 0. The third kappa shape index (κ3) is 4.23. The monoisotopic (exact) mass is 198 g/mol. The second-order valence-corrected chi connectivity index (χ2v) is 4.47. The molecule has 0 aliphatic heterocycles. The van der Waals surface area contributed by atoms with E-state index in [1.165, 1.54) is 25.7 Å². The van der Waals surface area contributed by atoms with Crippen LogP contribution in [0.5, 0.6) is 0 Å². The molecule has 1 aliphatic carbocycles. The van der Waals surface area contributed by atoms with Gasteiger partial charge in [-0.05, 0) is 18.8 Å². The van der Waals surface area contributed by atoms with Gasteiger partial charge in [0.1, 0.15) is 5.78 Å². The first-order valence-corrected chi connectivity index (χ1v) is 5.92. The first-order valence-electron chi connectivity index (χ1n) is 5.92. The van der Waals surface area contributed by atoms with Crippen molar-refractivity contribution in [1.82, 2.24) is 0 Å². The lowest BCUT2D eigenvalue weighted by Gasteiger charge is -2.14. The summed E-state index contributed by atoms with van der Waals surface area (Å²) in [5.41, 5.74) is 0. The summed E-state index contributed by atoms with van der Waals surface area (Å²) in [6.45, 7) is 1.88.